The maximum absolute atomic E-state index is 13.0. The van der Waals surface area contributed by atoms with E-state index in [-0.39, 0.29) is 17.5 Å². The lowest BCUT2D eigenvalue weighted by molar-refractivity contribution is -0.137. The Morgan fingerprint density at radius 1 is 1.26 bits per heavy atom. The number of aromatic nitrogens is 4. The van der Waals surface area contributed by atoms with E-state index in [1.54, 1.807) is 30.1 Å². The first-order valence-corrected chi connectivity index (χ1v) is 8.39. The van der Waals surface area contributed by atoms with E-state index in [1.165, 1.54) is 16.9 Å². The van der Waals surface area contributed by atoms with Gasteiger partial charge in [-0.15, -0.1) is 0 Å². The number of amides is 1. The Hall–Kier alpha value is -3.10. The molecule has 0 radical (unpaired) electrons. The molecule has 0 bridgehead atoms. The average Bonchev–Trinajstić information content (AvgIpc) is 3.22. The minimum Gasteiger partial charge on any atom is -0.305 e. The van der Waals surface area contributed by atoms with Gasteiger partial charge in [0.15, 0.2) is 5.82 Å². The molecule has 2 aromatic heterocycles. The van der Waals surface area contributed by atoms with Gasteiger partial charge in [-0.2, -0.15) is 23.4 Å². The van der Waals surface area contributed by atoms with Crippen LogP contribution in [0.3, 0.4) is 0 Å². The minimum absolute atomic E-state index is 0.103. The molecule has 1 aliphatic rings. The van der Waals surface area contributed by atoms with Crippen molar-refractivity contribution in [2.24, 2.45) is 7.05 Å². The molecule has 1 fully saturated rings. The number of carbonyl (C=O) groups excluding carboxylic acids is 1. The third kappa shape index (κ3) is 3.44. The molecule has 0 spiro atoms. The van der Waals surface area contributed by atoms with Gasteiger partial charge in [0, 0.05) is 25.2 Å². The van der Waals surface area contributed by atoms with Gasteiger partial charge in [0.25, 0.3) is 5.91 Å². The molecule has 27 heavy (non-hydrogen) atoms. The number of hydrogen-bond donors (Lipinski definition) is 1. The Kier molecular flexibility index (Phi) is 4.01. The normalized spacial score (nSPS) is 14.4. The molecule has 140 valence electrons. The van der Waals surface area contributed by atoms with Gasteiger partial charge >= 0.3 is 6.18 Å². The molecule has 1 aliphatic carbocycles. The number of carbonyl (C=O) groups is 1. The number of rotatable bonds is 4. The van der Waals surface area contributed by atoms with Crippen LogP contribution in [-0.4, -0.2) is 25.5 Å². The SMILES string of the molecule is Cn1ccc(NC(=O)c2cnn(-c3cccc(C(F)(F)F)c3)c2C2CC2)n1. The first-order valence-electron chi connectivity index (χ1n) is 8.39. The van der Waals surface area contributed by atoms with Crippen LogP contribution in [0.25, 0.3) is 5.69 Å². The summed E-state index contributed by atoms with van der Waals surface area (Å²) in [6.45, 7) is 0. The number of anilines is 1. The van der Waals surface area contributed by atoms with Crippen LogP contribution in [0.2, 0.25) is 0 Å². The van der Waals surface area contributed by atoms with Crippen molar-refractivity contribution in [3.8, 4) is 5.69 Å². The van der Waals surface area contributed by atoms with E-state index in [9.17, 15) is 18.0 Å². The van der Waals surface area contributed by atoms with Gasteiger partial charge < -0.3 is 5.32 Å². The van der Waals surface area contributed by atoms with Crippen molar-refractivity contribution in [3.05, 3.63) is 59.5 Å². The van der Waals surface area contributed by atoms with Crippen LogP contribution in [0.1, 0.15) is 40.4 Å². The van der Waals surface area contributed by atoms with Gasteiger partial charge in [0.1, 0.15) is 0 Å². The van der Waals surface area contributed by atoms with Crippen LogP contribution in [0.4, 0.5) is 19.0 Å². The molecule has 1 N–H and O–H groups in total. The third-order valence-electron chi connectivity index (χ3n) is 4.39. The van der Waals surface area contributed by atoms with Crippen molar-refractivity contribution in [3.63, 3.8) is 0 Å². The van der Waals surface area contributed by atoms with Crippen molar-refractivity contribution in [1.29, 1.82) is 0 Å². The molecule has 2 heterocycles. The van der Waals surface area contributed by atoms with Crippen LogP contribution >= 0.6 is 0 Å². The van der Waals surface area contributed by atoms with Gasteiger partial charge in [-0.05, 0) is 31.0 Å². The number of nitrogens with zero attached hydrogens (tertiary/aromatic N) is 4. The molecule has 0 aliphatic heterocycles. The second-order valence-corrected chi connectivity index (χ2v) is 6.51. The van der Waals surface area contributed by atoms with E-state index in [0.717, 1.165) is 25.0 Å². The highest BCUT2D eigenvalue weighted by atomic mass is 19.4. The zero-order chi connectivity index (χ0) is 19.2. The molecular weight excluding hydrogens is 359 g/mol. The molecule has 1 amide bonds. The van der Waals surface area contributed by atoms with Crippen molar-refractivity contribution >= 4 is 11.7 Å². The summed E-state index contributed by atoms with van der Waals surface area (Å²) in [6, 6.07) is 6.60. The summed E-state index contributed by atoms with van der Waals surface area (Å²) in [5.41, 5.74) is 0.503. The lowest BCUT2D eigenvalue weighted by Gasteiger charge is -2.12. The standard InChI is InChI=1S/C18H16F3N5O/c1-25-8-7-15(24-25)23-17(27)14-10-22-26(16(14)11-5-6-11)13-4-2-3-12(9-13)18(19,20)21/h2-4,7-11H,5-6H2,1H3,(H,23,24,27). The predicted molar refractivity (Wildman–Crippen MR) is 91.7 cm³/mol. The van der Waals surface area contributed by atoms with Crippen molar-refractivity contribution in [1.82, 2.24) is 19.6 Å². The Morgan fingerprint density at radius 3 is 2.67 bits per heavy atom. The molecular formula is C18H16F3N5O. The topological polar surface area (TPSA) is 64.7 Å². The Morgan fingerprint density at radius 2 is 2.04 bits per heavy atom. The van der Waals surface area contributed by atoms with Crippen molar-refractivity contribution in [2.45, 2.75) is 24.9 Å². The number of halogens is 3. The minimum atomic E-state index is -4.44. The van der Waals surface area contributed by atoms with Crippen LogP contribution < -0.4 is 5.32 Å². The summed E-state index contributed by atoms with van der Waals surface area (Å²) >= 11 is 0. The van der Waals surface area contributed by atoms with Crippen molar-refractivity contribution < 1.29 is 18.0 Å². The Labute approximate surface area is 152 Å². The van der Waals surface area contributed by atoms with Gasteiger partial charge in [-0.25, -0.2) is 4.68 Å². The number of alkyl halides is 3. The fourth-order valence-electron chi connectivity index (χ4n) is 2.97. The summed E-state index contributed by atoms with van der Waals surface area (Å²) in [5, 5.41) is 11.0. The fraction of sp³-hybridized carbons (Fsp3) is 0.278. The Bertz CT molecular complexity index is 1000. The van der Waals surface area contributed by atoms with Crippen LogP contribution in [0, 0.1) is 0 Å². The first kappa shape index (κ1) is 17.3. The summed E-state index contributed by atoms with van der Waals surface area (Å²) in [6.07, 6.45) is 0.390. The van der Waals surface area contributed by atoms with E-state index in [0.29, 0.717) is 17.1 Å². The van der Waals surface area contributed by atoms with Gasteiger partial charge in [-0.1, -0.05) is 6.07 Å². The van der Waals surface area contributed by atoms with Gasteiger partial charge in [-0.3, -0.25) is 9.48 Å². The average molecular weight is 375 g/mol. The molecule has 3 aromatic rings. The number of hydrogen-bond acceptors (Lipinski definition) is 3. The second-order valence-electron chi connectivity index (χ2n) is 6.51. The summed E-state index contributed by atoms with van der Waals surface area (Å²) < 4.78 is 42.1. The lowest BCUT2D eigenvalue weighted by atomic mass is 10.1. The largest absolute Gasteiger partial charge is 0.416 e. The highest BCUT2D eigenvalue weighted by molar-refractivity contribution is 6.04. The molecule has 1 aromatic carbocycles. The molecule has 0 unspecified atom stereocenters. The van der Waals surface area contributed by atoms with E-state index in [4.69, 9.17) is 0 Å². The number of benzene rings is 1. The van der Waals surface area contributed by atoms with Crippen LogP contribution in [-0.2, 0) is 13.2 Å². The Balaban J connectivity index is 1.70. The maximum Gasteiger partial charge on any atom is 0.416 e. The van der Waals surface area contributed by atoms with Crippen LogP contribution in [0.15, 0.2) is 42.7 Å². The highest BCUT2D eigenvalue weighted by Crippen LogP contribution is 2.43. The highest BCUT2D eigenvalue weighted by Gasteiger charge is 2.34. The molecule has 9 heteroatoms. The smallest absolute Gasteiger partial charge is 0.305 e. The van der Waals surface area contributed by atoms with E-state index >= 15 is 0 Å². The monoisotopic (exact) mass is 375 g/mol. The molecule has 6 nitrogen and oxygen atoms in total. The zero-order valence-electron chi connectivity index (χ0n) is 14.4. The first-order chi connectivity index (χ1) is 12.8. The number of aryl methyl sites for hydroxylation is 1. The quantitative estimate of drug-likeness (QED) is 0.755. The number of nitrogens with one attached hydrogen (secondary N) is 1. The molecule has 0 atom stereocenters. The van der Waals surface area contributed by atoms with E-state index in [2.05, 4.69) is 15.5 Å². The van der Waals surface area contributed by atoms with Gasteiger partial charge in [0.05, 0.1) is 28.7 Å². The molecule has 0 saturated heterocycles. The zero-order valence-corrected chi connectivity index (χ0v) is 14.4. The molecule has 1 saturated carbocycles. The van der Waals surface area contributed by atoms with E-state index in [1.807, 2.05) is 0 Å². The second kappa shape index (κ2) is 6.26. The molecule has 4 rings (SSSR count). The predicted octanol–water partition coefficient (Wildman–Crippen LogP) is 3.75. The lowest BCUT2D eigenvalue weighted by Crippen LogP contribution is -2.15. The van der Waals surface area contributed by atoms with E-state index < -0.39 is 11.7 Å². The van der Waals surface area contributed by atoms with Crippen LogP contribution in [0.5, 0.6) is 0 Å². The summed E-state index contributed by atoms with van der Waals surface area (Å²) in [4.78, 5) is 12.7. The fourth-order valence-corrected chi connectivity index (χ4v) is 2.97. The summed E-state index contributed by atoms with van der Waals surface area (Å²) in [5.74, 6) is 0.122. The maximum atomic E-state index is 13.0. The summed E-state index contributed by atoms with van der Waals surface area (Å²) in [7, 11) is 1.73. The van der Waals surface area contributed by atoms with Crippen molar-refractivity contribution in [2.75, 3.05) is 5.32 Å². The van der Waals surface area contributed by atoms with Gasteiger partial charge in [0.2, 0.25) is 0 Å². The third-order valence-corrected chi connectivity index (χ3v) is 4.39.